The Kier molecular flexibility index (Phi) is 4.28. The van der Waals surface area contributed by atoms with E-state index < -0.39 is 11.5 Å². The Bertz CT molecular complexity index is 308. The number of hydrogen-bond acceptors (Lipinski definition) is 3. The van der Waals surface area contributed by atoms with Crippen LogP contribution in [0.25, 0.3) is 0 Å². The summed E-state index contributed by atoms with van der Waals surface area (Å²) in [5, 5.41) is 9.27. The van der Waals surface area contributed by atoms with Crippen LogP contribution in [-0.2, 0) is 4.79 Å². The Morgan fingerprint density at radius 3 is 2.89 bits per heavy atom. The van der Waals surface area contributed by atoms with E-state index in [0.717, 1.165) is 31.8 Å². The molecule has 2 fully saturated rings. The Balaban J connectivity index is 1.98. The molecule has 18 heavy (non-hydrogen) atoms. The fourth-order valence-corrected chi connectivity index (χ4v) is 3.55. The zero-order chi connectivity index (χ0) is 13.2. The van der Waals surface area contributed by atoms with Crippen LogP contribution in [0.2, 0.25) is 0 Å². The number of rotatable bonds is 3. The van der Waals surface area contributed by atoms with Crippen LogP contribution in [0.3, 0.4) is 0 Å². The topological polar surface area (TPSA) is 66.6 Å². The maximum Gasteiger partial charge on any atom is 0.323 e. The third-order valence-electron chi connectivity index (χ3n) is 4.83. The summed E-state index contributed by atoms with van der Waals surface area (Å²) in [7, 11) is 0. The van der Waals surface area contributed by atoms with Gasteiger partial charge in [0, 0.05) is 12.6 Å². The first-order valence-electron chi connectivity index (χ1n) is 7.31. The van der Waals surface area contributed by atoms with Crippen molar-refractivity contribution in [3.8, 4) is 0 Å². The number of carbonyl (C=O) groups is 1. The Morgan fingerprint density at radius 2 is 2.22 bits per heavy atom. The molecular weight excluding hydrogens is 228 g/mol. The summed E-state index contributed by atoms with van der Waals surface area (Å²) >= 11 is 0. The van der Waals surface area contributed by atoms with Crippen LogP contribution in [-0.4, -0.2) is 40.6 Å². The van der Waals surface area contributed by atoms with E-state index in [9.17, 15) is 9.90 Å². The van der Waals surface area contributed by atoms with Crippen molar-refractivity contribution in [1.82, 2.24) is 4.90 Å². The fraction of sp³-hybridized carbons (Fsp3) is 0.929. The molecule has 3 atom stereocenters. The van der Waals surface area contributed by atoms with Crippen molar-refractivity contribution in [1.29, 1.82) is 0 Å². The van der Waals surface area contributed by atoms with Gasteiger partial charge in [-0.05, 0) is 51.0 Å². The summed E-state index contributed by atoms with van der Waals surface area (Å²) in [5.74, 6) is -0.0334. The van der Waals surface area contributed by atoms with Gasteiger partial charge in [0.05, 0.1) is 0 Å². The summed E-state index contributed by atoms with van der Waals surface area (Å²) in [4.78, 5) is 13.8. The number of nitrogens with two attached hydrogens (primary N) is 1. The predicted molar refractivity (Wildman–Crippen MR) is 71.4 cm³/mol. The van der Waals surface area contributed by atoms with E-state index in [-0.39, 0.29) is 0 Å². The lowest BCUT2D eigenvalue weighted by Crippen LogP contribution is -2.56. The smallest absolute Gasteiger partial charge is 0.323 e. The van der Waals surface area contributed by atoms with Crippen LogP contribution in [0.4, 0.5) is 0 Å². The molecular formula is C14H26N2O2. The Hall–Kier alpha value is -0.610. The molecule has 104 valence electrons. The maximum atomic E-state index is 11.3. The minimum atomic E-state index is -0.984. The van der Waals surface area contributed by atoms with Crippen molar-refractivity contribution in [2.45, 2.75) is 63.5 Å². The van der Waals surface area contributed by atoms with Gasteiger partial charge in [0.15, 0.2) is 0 Å². The number of likely N-dealkylation sites (tertiary alicyclic amines) is 1. The van der Waals surface area contributed by atoms with Gasteiger partial charge < -0.3 is 15.7 Å². The second-order valence-corrected chi connectivity index (χ2v) is 6.12. The van der Waals surface area contributed by atoms with Gasteiger partial charge in [0.2, 0.25) is 0 Å². The van der Waals surface area contributed by atoms with Gasteiger partial charge in [0.25, 0.3) is 0 Å². The largest absolute Gasteiger partial charge is 0.480 e. The van der Waals surface area contributed by atoms with Crippen molar-refractivity contribution in [2.24, 2.45) is 11.7 Å². The standard InChI is InChI=1S/C14H26N2O2/c1-2-11-5-4-8-16(10-11)12-6-3-7-14(15,9-12)13(17)18/h11-12H,2-10,15H2,1H3,(H,17,18). The molecule has 4 nitrogen and oxygen atoms in total. The summed E-state index contributed by atoms with van der Waals surface area (Å²) in [5.41, 5.74) is 5.06. The van der Waals surface area contributed by atoms with E-state index in [1.54, 1.807) is 0 Å². The van der Waals surface area contributed by atoms with E-state index in [1.807, 2.05) is 0 Å². The average molecular weight is 254 g/mol. The molecule has 0 spiro atoms. The van der Waals surface area contributed by atoms with Gasteiger partial charge in [-0.2, -0.15) is 0 Å². The highest BCUT2D eigenvalue weighted by molar-refractivity contribution is 5.78. The summed E-state index contributed by atoms with van der Waals surface area (Å²) in [6.45, 7) is 4.51. The molecule has 0 bridgehead atoms. The van der Waals surface area contributed by atoms with Gasteiger partial charge in [-0.25, -0.2) is 0 Å². The molecule has 3 N–H and O–H groups in total. The molecule has 0 radical (unpaired) electrons. The van der Waals surface area contributed by atoms with Gasteiger partial charge >= 0.3 is 5.97 Å². The summed E-state index contributed by atoms with van der Waals surface area (Å²) < 4.78 is 0. The van der Waals surface area contributed by atoms with E-state index in [1.165, 1.54) is 19.3 Å². The number of aliphatic carboxylic acids is 1. The Labute approximate surface area is 110 Å². The van der Waals surface area contributed by atoms with Crippen molar-refractivity contribution >= 4 is 5.97 Å². The fourth-order valence-electron chi connectivity index (χ4n) is 3.55. The number of hydrogen-bond donors (Lipinski definition) is 2. The highest BCUT2D eigenvalue weighted by Crippen LogP contribution is 2.32. The molecule has 1 saturated carbocycles. The van der Waals surface area contributed by atoms with Gasteiger partial charge in [-0.15, -0.1) is 0 Å². The molecule has 0 amide bonds. The second kappa shape index (κ2) is 5.57. The third-order valence-corrected chi connectivity index (χ3v) is 4.83. The van der Waals surface area contributed by atoms with Crippen LogP contribution in [0.5, 0.6) is 0 Å². The van der Waals surface area contributed by atoms with Crippen LogP contribution < -0.4 is 5.73 Å². The molecule has 0 aromatic carbocycles. The lowest BCUT2D eigenvalue weighted by molar-refractivity contribution is -0.145. The first-order valence-corrected chi connectivity index (χ1v) is 7.31. The van der Waals surface area contributed by atoms with E-state index in [4.69, 9.17) is 5.73 Å². The number of carboxylic acid groups (broad SMARTS) is 1. The first-order chi connectivity index (χ1) is 8.55. The zero-order valence-electron chi connectivity index (χ0n) is 11.4. The van der Waals surface area contributed by atoms with Crippen molar-refractivity contribution in [3.63, 3.8) is 0 Å². The highest BCUT2D eigenvalue weighted by atomic mass is 16.4. The van der Waals surface area contributed by atoms with Crippen molar-refractivity contribution < 1.29 is 9.90 Å². The van der Waals surface area contributed by atoms with Crippen molar-refractivity contribution in [2.75, 3.05) is 13.1 Å². The van der Waals surface area contributed by atoms with Crippen LogP contribution in [0, 0.1) is 5.92 Å². The van der Waals surface area contributed by atoms with Gasteiger partial charge in [0.1, 0.15) is 5.54 Å². The molecule has 2 rings (SSSR count). The number of piperidine rings is 1. The highest BCUT2D eigenvalue weighted by Gasteiger charge is 2.41. The van der Waals surface area contributed by atoms with Crippen LogP contribution in [0.1, 0.15) is 51.9 Å². The maximum absolute atomic E-state index is 11.3. The monoisotopic (exact) mass is 254 g/mol. The Morgan fingerprint density at radius 1 is 1.44 bits per heavy atom. The van der Waals surface area contributed by atoms with Gasteiger partial charge in [-0.3, -0.25) is 4.79 Å². The normalized spacial score (nSPS) is 38.6. The molecule has 1 aliphatic carbocycles. The molecule has 2 aliphatic rings. The van der Waals surface area contributed by atoms with E-state index >= 15 is 0 Å². The number of carboxylic acids is 1. The first kappa shape index (κ1) is 13.8. The lowest BCUT2D eigenvalue weighted by atomic mass is 9.78. The van der Waals surface area contributed by atoms with Crippen molar-refractivity contribution in [3.05, 3.63) is 0 Å². The molecule has 3 unspecified atom stereocenters. The van der Waals surface area contributed by atoms with E-state index in [0.29, 0.717) is 18.9 Å². The summed E-state index contributed by atoms with van der Waals surface area (Å²) in [6, 6.07) is 0.384. The summed E-state index contributed by atoms with van der Waals surface area (Å²) in [6.07, 6.45) is 7.12. The second-order valence-electron chi connectivity index (χ2n) is 6.12. The zero-order valence-corrected chi connectivity index (χ0v) is 11.4. The third kappa shape index (κ3) is 2.86. The minimum absolute atomic E-state index is 0.384. The molecule has 0 aromatic rings. The molecule has 1 heterocycles. The minimum Gasteiger partial charge on any atom is -0.480 e. The molecule has 0 aromatic heterocycles. The lowest BCUT2D eigenvalue weighted by Gasteiger charge is -2.43. The molecule has 1 aliphatic heterocycles. The molecule has 1 saturated heterocycles. The van der Waals surface area contributed by atoms with Crippen LogP contribution >= 0.6 is 0 Å². The van der Waals surface area contributed by atoms with Crippen LogP contribution in [0.15, 0.2) is 0 Å². The van der Waals surface area contributed by atoms with E-state index in [2.05, 4.69) is 11.8 Å². The molecule has 4 heteroatoms. The number of nitrogens with zero attached hydrogens (tertiary/aromatic N) is 1. The predicted octanol–water partition coefficient (Wildman–Crippen LogP) is 1.83. The quantitative estimate of drug-likeness (QED) is 0.806. The average Bonchev–Trinajstić information content (AvgIpc) is 2.39. The van der Waals surface area contributed by atoms with Gasteiger partial charge in [-0.1, -0.05) is 13.3 Å². The SMILES string of the molecule is CCC1CCCN(C2CCCC(N)(C(=O)O)C2)C1.